The second-order valence-electron chi connectivity index (χ2n) is 10.1. The minimum atomic E-state index is -4.05. The van der Waals surface area contributed by atoms with E-state index in [1.807, 2.05) is 44.2 Å². The number of carbonyl (C=O) groups excluding carboxylic acids is 2. The van der Waals surface area contributed by atoms with E-state index >= 15 is 0 Å². The predicted octanol–water partition coefficient (Wildman–Crippen LogP) is 7.13. The van der Waals surface area contributed by atoms with Crippen molar-refractivity contribution in [3.05, 3.63) is 96.9 Å². The third-order valence-electron chi connectivity index (χ3n) is 6.23. The molecule has 1 atom stereocenters. The highest BCUT2D eigenvalue weighted by Gasteiger charge is 2.34. The van der Waals surface area contributed by atoms with Crippen molar-refractivity contribution in [3.8, 4) is 0 Å². The van der Waals surface area contributed by atoms with Crippen LogP contribution in [0.1, 0.15) is 25.0 Å². The Labute approximate surface area is 271 Å². The van der Waals surface area contributed by atoms with Crippen LogP contribution < -0.4 is 9.62 Å². The zero-order chi connectivity index (χ0) is 31.2. The van der Waals surface area contributed by atoms with Gasteiger partial charge in [0.1, 0.15) is 12.6 Å². The molecule has 0 aliphatic rings. The molecule has 3 aromatic carbocycles. The molecule has 0 saturated carbocycles. The van der Waals surface area contributed by atoms with Crippen LogP contribution in [0, 0.1) is 5.92 Å². The summed E-state index contributed by atoms with van der Waals surface area (Å²) in [5.41, 5.74) is 1.37. The molecule has 0 heterocycles. The zero-order valence-corrected chi connectivity index (χ0v) is 27.7. The number of hydrogen-bond donors (Lipinski definition) is 1. The molecule has 0 fully saturated rings. The number of anilines is 1. The lowest BCUT2D eigenvalue weighted by molar-refractivity contribution is -0.140. The number of benzene rings is 3. The Morgan fingerprint density at radius 3 is 2.02 bits per heavy atom. The van der Waals surface area contributed by atoms with Crippen LogP contribution in [-0.4, -0.2) is 50.5 Å². The Kier molecular flexibility index (Phi) is 12.2. The van der Waals surface area contributed by atoms with E-state index in [-0.39, 0.29) is 50.6 Å². The molecule has 0 saturated heterocycles. The molecule has 0 aliphatic carbocycles. The van der Waals surface area contributed by atoms with Crippen molar-refractivity contribution in [1.82, 2.24) is 10.2 Å². The number of sulfonamides is 1. The van der Waals surface area contributed by atoms with Crippen LogP contribution in [-0.2, 0) is 32.6 Å². The van der Waals surface area contributed by atoms with Gasteiger partial charge in [-0.15, -0.1) is 0 Å². The van der Waals surface area contributed by atoms with E-state index in [0.29, 0.717) is 17.1 Å². The summed E-state index contributed by atoms with van der Waals surface area (Å²) < 4.78 is 26.8. The topological polar surface area (TPSA) is 86.8 Å². The van der Waals surface area contributed by atoms with Crippen molar-refractivity contribution < 1.29 is 18.0 Å². The Morgan fingerprint density at radius 2 is 1.43 bits per heavy atom. The van der Waals surface area contributed by atoms with Crippen LogP contribution in [0.2, 0.25) is 25.1 Å². The molecule has 42 heavy (non-hydrogen) atoms. The van der Waals surface area contributed by atoms with Crippen LogP contribution >= 0.6 is 58.0 Å². The van der Waals surface area contributed by atoms with E-state index in [1.165, 1.54) is 17.0 Å². The summed E-state index contributed by atoms with van der Waals surface area (Å²) in [6.45, 7) is 3.56. The van der Waals surface area contributed by atoms with Crippen molar-refractivity contribution in [2.45, 2.75) is 32.9 Å². The van der Waals surface area contributed by atoms with Gasteiger partial charge in [-0.25, -0.2) is 8.42 Å². The first-order chi connectivity index (χ1) is 19.7. The van der Waals surface area contributed by atoms with Crippen LogP contribution in [0.3, 0.4) is 0 Å². The number of amides is 2. The molecule has 1 N–H and O–H groups in total. The second kappa shape index (κ2) is 15.0. The van der Waals surface area contributed by atoms with E-state index in [4.69, 9.17) is 58.0 Å². The van der Waals surface area contributed by atoms with E-state index in [9.17, 15) is 18.0 Å². The van der Waals surface area contributed by atoms with E-state index < -0.39 is 28.5 Å². The number of hydrogen-bond acceptors (Lipinski definition) is 4. The van der Waals surface area contributed by atoms with Gasteiger partial charge in [0, 0.05) is 19.5 Å². The van der Waals surface area contributed by atoms with Crippen LogP contribution in [0.15, 0.2) is 60.7 Å². The molecule has 0 bridgehead atoms. The van der Waals surface area contributed by atoms with Gasteiger partial charge >= 0.3 is 0 Å². The number of rotatable bonds is 12. The quantitative estimate of drug-likeness (QED) is 0.205. The maximum atomic E-state index is 14.1. The summed E-state index contributed by atoms with van der Waals surface area (Å²) in [6.07, 6.45) is 1.11. The predicted molar refractivity (Wildman–Crippen MR) is 172 cm³/mol. The number of carbonyl (C=O) groups is 2. The lowest BCUT2D eigenvalue weighted by atomic mass is 10.0. The standard InChI is InChI=1S/C29H30Cl5N3O4S/c1-18(2)15-35-29(39)27(12-19-7-5-4-6-8-19)36(16-20-9-10-21(30)22(31)11-20)28(38)17-37(42(3,40)41)26-14-24(33)23(32)13-25(26)34/h4-11,13-14,18,27H,12,15-17H2,1-3H3,(H,35,39)/t27-/m0/s1. The summed E-state index contributed by atoms with van der Waals surface area (Å²) in [5.74, 6) is -0.892. The molecule has 0 radical (unpaired) electrons. The minimum absolute atomic E-state index is 0.0193. The fourth-order valence-electron chi connectivity index (χ4n) is 4.11. The maximum Gasteiger partial charge on any atom is 0.244 e. The SMILES string of the molecule is CC(C)CNC(=O)[C@H](Cc1ccccc1)N(Cc1ccc(Cl)c(Cl)c1)C(=O)CN(c1cc(Cl)c(Cl)cc1Cl)S(C)(=O)=O. The van der Waals surface area contributed by atoms with Gasteiger partial charge in [0.25, 0.3) is 0 Å². The van der Waals surface area contributed by atoms with Crippen LogP contribution in [0.4, 0.5) is 5.69 Å². The van der Waals surface area contributed by atoms with E-state index in [2.05, 4.69) is 5.32 Å². The molecule has 3 aromatic rings. The lowest BCUT2D eigenvalue weighted by Gasteiger charge is -2.34. The van der Waals surface area contributed by atoms with Gasteiger partial charge in [-0.2, -0.15) is 0 Å². The number of halogens is 5. The third kappa shape index (κ3) is 9.40. The van der Waals surface area contributed by atoms with Crippen molar-refractivity contribution in [2.75, 3.05) is 23.7 Å². The van der Waals surface area contributed by atoms with Gasteiger partial charge in [-0.1, -0.05) is 108 Å². The van der Waals surface area contributed by atoms with E-state index in [0.717, 1.165) is 16.1 Å². The van der Waals surface area contributed by atoms with Crippen molar-refractivity contribution in [3.63, 3.8) is 0 Å². The molecule has 0 aliphatic heterocycles. The average Bonchev–Trinajstić information content (AvgIpc) is 2.92. The van der Waals surface area contributed by atoms with Gasteiger partial charge < -0.3 is 10.2 Å². The summed E-state index contributed by atoms with van der Waals surface area (Å²) in [6, 6.07) is 15.7. The smallest absolute Gasteiger partial charge is 0.244 e. The highest BCUT2D eigenvalue weighted by Crippen LogP contribution is 2.36. The average molecular weight is 694 g/mol. The first kappa shape index (κ1) is 34.3. The zero-order valence-electron chi connectivity index (χ0n) is 23.1. The number of nitrogens with one attached hydrogen (secondary N) is 1. The van der Waals surface area contributed by atoms with Gasteiger partial charge in [-0.3, -0.25) is 13.9 Å². The van der Waals surface area contributed by atoms with Gasteiger partial charge in [-0.05, 0) is 41.3 Å². The highest BCUT2D eigenvalue weighted by atomic mass is 35.5. The maximum absolute atomic E-state index is 14.1. The molecule has 226 valence electrons. The Hall–Kier alpha value is -2.20. The molecule has 0 aromatic heterocycles. The molecule has 0 unspecified atom stereocenters. The van der Waals surface area contributed by atoms with Crippen molar-refractivity contribution >= 4 is 85.5 Å². The molecule has 2 amide bonds. The molecule has 13 heteroatoms. The largest absolute Gasteiger partial charge is 0.354 e. The first-order valence-electron chi connectivity index (χ1n) is 12.8. The summed E-state index contributed by atoms with van der Waals surface area (Å²) in [4.78, 5) is 29.1. The molecular weight excluding hydrogens is 664 g/mol. The summed E-state index contributed by atoms with van der Waals surface area (Å²) >= 11 is 31.0. The second-order valence-corrected chi connectivity index (χ2v) is 14.0. The van der Waals surface area contributed by atoms with Gasteiger partial charge in [0.15, 0.2) is 0 Å². The third-order valence-corrected chi connectivity index (χ3v) is 9.12. The van der Waals surface area contributed by atoms with Crippen molar-refractivity contribution in [2.24, 2.45) is 5.92 Å². The fraction of sp³-hybridized carbons (Fsp3) is 0.310. The normalized spacial score (nSPS) is 12.2. The molecule has 3 rings (SSSR count). The molecule has 0 spiro atoms. The van der Waals surface area contributed by atoms with Gasteiger partial charge in [0.2, 0.25) is 21.8 Å². The highest BCUT2D eigenvalue weighted by molar-refractivity contribution is 7.92. The molecule has 7 nitrogen and oxygen atoms in total. The Morgan fingerprint density at radius 1 is 0.810 bits per heavy atom. The van der Waals surface area contributed by atoms with Crippen LogP contribution in [0.25, 0.3) is 0 Å². The summed E-state index contributed by atoms with van der Waals surface area (Å²) in [5, 5.41) is 3.67. The summed E-state index contributed by atoms with van der Waals surface area (Å²) in [7, 11) is -4.05. The monoisotopic (exact) mass is 691 g/mol. The fourth-order valence-corrected chi connectivity index (χ4v) is 5.98. The lowest BCUT2D eigenvalue weighted by Crippen LogP contribution is -2.53. The Balaban J connectivity index is 2.11. The van der Waals surface area contributed by atoms with Gasteiger partial charge in [0.05, 0.1) is 37.1 Å². The van der Waals surface area contributed by atoms with Crippen LogP contribution in [0.5, 0.6) is 0 Å². The minimum Gasteiger partial charge on any atom is -0.354 e. The van der Waals surface area contributed by atoms with E-state index in [1.54, 1.807) is 18.2 Å². The molecular formula is C29H30Cl5N3O4S. The Bertz CT molecular complexity index is 1540. The number of nitrogens with zero attached hydrogens (tertiary/aromatic N) is 2. The first-order valence-corrected chi connectivity index (χ1v) is 16.6. The van der Waals surface area contributed by atoms with Crippen molar-refractivity contribution in [1.29, 1.82) is 0 Å².